The number of aliphatic hydroxyl groups is 1. The molecule has 226 valence electrons. The molecule has 43 heavy (non-hydrogen) atoms. The van der Waals surface area contributed by atoms with E-state index in [0.717, 1.165) is 0 Å². The Kier molecular flexibility index (Phi) is 6.75. The Morgan fingerprint density at radius 3 is 2.26 bits per heavy atom. The Balaban J connectivity index is 1.77. The van der Waals surface area contributed by atoms with Crippen molar-refractivity contribution < 1.29 is 48.1 Å². The molecule has 0 spiro atoms. The van der Waals surface area contributed by atoms with E-state index in [2.05, 4.69) is 0 Å². The number of amides is 1. The number of phenols is 1. The largest absolute Gasteiger partial charge is 0.507 e. The van der Waals surface area contributed by atoms with Gasteiger partial charge in [-0.25, -0.2) is 0 Å². The molecule has 2 aromatic rings. The van der Waals surface area contributed by atoms with Crippen LogP contribution in [0.15, 0.2) is 30.3 Å². The van der Waals surface area contributed by atoms with Crippen molar-refractivity contribution in [3.8, 4) is 22.6 Å². The number of Topliss-reactive ketones (excluding diaryl/α,β-unsaturated/α-hetero) is 4. The highest BCUT2D eigenvalue weighted by Gasteiger charge is 2.76. The minimum atomic E-state index is -2.92. The first-order chi connectivity index (χ1) is 20.0. The Morgan fingerprint density at radius 2 is 1.70 bits per heavy atom. The number of carbonyl (C=O) groups is 6. The van der Waals surface area contributed by atoms with E-state index in [1.165, 1.54) is 63.4 Å². The molecule has 0 aromatic heterocycles. The van der Waals surface area contributed by atoms with Gasteiger partial charge in [0.2, 0.25) is 5.91 Å². The first kappa shape index (κ1) is 30.2. The second-order valence-electron chi connectivity index (χ2n) is 12.4. The number of aromatic hydroxyl groups is 1. The molecule has 5 rings (SSSR count). The number of ether oxygens (including phenoxy) is 1. The van der Waals surface area contributed by atoms with Gasteiger partial charge in [0.05, 0.1) is 30.2 Å². The predicted molar refractivity (Wildman–Crippen MR) is 148 cm³/mol. The molecule has 4 N–H and O–H groups in total. The molecule has 2 fully saturated rings. The molecule has 1 amide bonds. The van der Waals surface area contributed by atoms with Gasteiger partial charge in [-0.15, -0.1) is 0 Å². The Hall–Kier alpha value is -4.29. The van der Waals surface area contributed by atoms with Crippen LogP contribution in [0.1, 0.15) is 46.5 Å². The van der Waals surface area contributed by atoms with E-state index >= 15 is 0 Å². The summed E-state index contributed by atoms with van der Waals surface area (Å²) < 4.78 is 19.1. The summed E-state index contributed by atoms with van der Waals surface area (Å²) in [6, 6.07) is 3.56. The van der Waals surface area contributed by atoms with E-state index in [0.29, 0.717) is 5.56 Å². The molecule has 3 aliphatic rings. The lowest BCUT2D eigenvalue weighted by Crippen LogP contribution is -2.79. The topological polar surface area (TPSA) is 181 Å². The first-order valence-corrected chi connectivity index (χ1v) is 13.5. The number of benzene rings is 2. The average molecular weight is 595 g/mol. The fraction of sp³-hybridized carbons (Fsp3) is 0.419. The molecule has 6 atom stereocenters. The highest BCUT2D eigenvalue weighted by molar-refractivity contribution is 6.33. The molecule has 11 nitrogen and oxygen atoms in total. The van der Waals surface area contributed by atoms with Crippen molar-refractivity contribution in [3.63, 3.8) is 0 Å². The molecule has 0 saturated heterocycles. The zero-order chi connectivity index (χ0) is 32.0. The van der Waals surface area contributed by atoms with E-state index in [1.807, 2.05) is 0 Å². The summed E-state index contributed by atoms with van der Waals surface area (Å²) in [5, 5.41) is 22.9. The van der Waals surface area contributed by atoms with Gasteiger partial charge in [0.1, 0.15) is 11.5 Å². The number of rotatable bonds is 5. The van der Waals surface area contributed by atoms with Crippen molar-refractivity contribution in [3.05, 3.63) is 47.0 Å². The summed E-state index contributed by atoms with van der Waals surface area (Å²) in [5.41, 5.74) is -0.273. The summed E-state index contributed by atoms with van der Waals surface area (Å²) in [5.74, 6) is -9.55. The van der Waals surface area contributed by atoms with Gasteiger partial charge in [0.25, 0.3) is 0 Å². The number of ketones is 4. The number of nitrogens with zero attached hydrogens (tertiary/aromatic N) is 1. The highest BCUT2D eigenvalue weighted by atomic mass is 19.1. The van der Waals surface area contributed by atoms with Gasteiger partial charge in [-0.2, -0.15) is 4.39 Å². The fourth-order valence-corrected chi connectivity index (χ4v) is 8.01. The maximum atomic E-state index is 14.3. The molecule has 3 aliphatic carbocycles. The lowest BCUT2D eigenvalue weighted by molar-refractivity contribution is -0.203. The van der Waals surface area contributed by atoms with Gasteiger partial charge in [-0.05, 0) is 67.7 Å². The maximum Gasteiger partial charge on any atom is 0.332 e. The van der Waals surface area contributed by atoms with E-state index in [4.69, 9.17) is 10.5 Å². The zero-order valence-electron chi connectivity index (χ0n) is 24.2. The SMILES string of the molecule is COc1ccc(C(=O)F)cc1-c1ccc(O)c2c1C[C@@]1(C)C[C@@]3(C)[C@H](N(C)C)C(=O)C(C(N)=O)C(=O)[C@@]3(O)C(=O)C1C2=O. The number of carbonyl (C=O) groups excluding carboxylic acids is 6. The smallest absolute Gasteiger partial charge is 0.332 e. The van der Waals surface area contributed by atoms with Crippen molar-refractivity contribution in [1.29, 1.82) is 0 Å². The average Bonchev–Trinajstić information content (AvgIpc) is 2.90. The summed E-state index contributed by atoms with van der Waals surface area (Å²) in [6.45, 7) is 3.03. The van der Waals surface area contributed by atoms with Crippen LogP contribution in [0.4, 0.5) is 4.39 Å². The van der Waals surface area contributed by atoms with Crippen molar-refractivity contribution in [1.82, 2.24) is 4.90 Å². The third kappa shape index (κ3) is 3.85. The quantitative estimate of drug-likeness (QED) is 0.338. The van der Waals surface area contributed by atoms with E-state index in [1.54, 1.807) is 6.92 Å². The number of likely N-dealkylation sites (N-methyl/N-ethyl adjacent to an activating group) is 1. The lowest BCUT2D eigenvalue weighted by Gasteiger charge is -2.61. The molecule has 2 unspecified atom stereocenters. The second-order valence-corrected chi connectivity index (χ2v) is 12.4. The van der Waals surface area contributed by atoms with Crippen LogP contribution in [-0.2, 0) is 25.6 Å². The highest BCUT2D eigenvalue weighted by Crippen LogP contribution is 2.62. The minimum absolute atomic E-state index is 0.0569. The van der Waals surface area contributed by atoms with Crippen molar-refractivity contribution in [2.45, 2.75) is 38.3 Å². The molecule has 12 heteroatoms. The van der Waals surface area contributed by atoms with Crippen LogP contribution in [-0.4, -0.2) is 83.0 Å². The lowest BCUT2D eigenvalue weighted by atomic mass is 9.42. The van der Waals surface area contributed by atoms with Crippen molar-refractivity contribution >= 4 is 35.1 Å². The number of nitrogens with two attached hydrogens (primary N) is 1. The Bertz CT molecular complexity index is 1670. The Labute approximate surface area is 245 Å². The van der Waals surface area contributed by atoms with Crippen LogP contribution < -0.4 is 10.5 Å². The van der Waals surface area contributed by atoms with E-state index in [-0.39, 0.29) is 40.8 Å². The third-order valence-corrected chi connectivity index (χ3v) is 9.59. The summed E-state index contributed by atoms with van der Waals surface area (Å²) in [4.78, 5) is 81.0. The van der Waals surface area contributed by atoms with Crippen LogP contribution in [0.5, 0.6) is 11.5 Å². The first-order valence-electron chi connectivity index (χ1n) is 13.5. The van der Waals surface area contributed by atoms with Crippen LogP contribution in [0.2, 0.25) is 0 Å². The summed E-state index contributed by atoms with van der Waals surface area (Å²) in [6.07, 6.45) is -0.252. The number of fused-ring (bicyclic) bond motifs is 3. The van der Waals surface area contributed by atoms with Gasteiger partial charge >= 0.3 is 6.04 Å². The fourth-order valence-electron chi connectivity index (χ4n) is 8.01. The third-order valence-electron chi connectivity index (χ3n) is 9.59. The van der Waals surface area contributed by atoms with Gasteiger partial charge in [0.15, 0.2) is 34.7 Å². The van der Waals surface area contributed by atoms with Gasteiger partial charge in [0, 0.05) is 11.0 Å². The molecular formula is C31H31FN2O9. The van der Waals surface area contributed by atoms with E-state index < -0.39 is 75.1 Å². The standard InChI is InChI=1S/C31H31FN2O9/c1-29-11-16-14(15-10-13(27(32)40)6-9-18(15)43-5)7-8-17(35)19(16)22(36)21(29)26(39)31(42)25(38)20(28(33)41)23(37)24(34(3)4)30(31,2)12-29/h6-10,20-21,24,35,42H,11-12H2,1-5H3,(H2,33,41)/t20?,21?,24-,29+,30+,31-/m1/s1. The van der Waals surface area contributed by atoms with Crippen molar-refractivity contribution in [2.24, 2.45) is 28.4 Å². The normalized spacial score (nSPS) is 31.8. The van der Waals surface area contributed by atoms with Crippen molar-refractivity contribution in [2.75, 3.05) is 21.2 Å². The molecule has 2 aromatic carbocycles. The molecule has 0 heterocycles. The number of hydrogen-bond acceptors (Lipinski definition) is 10. The van der Waals surface area contributed by atoms with Gasteiger partial charge in [-0.3, -0.25) is 33.7 Å². The van der Waals surface area contributed by atoms with Gasteiger partial charge < -0.3 is 20.7 Å². The number of phenolic OH excluding ortho intramolecular Hbond substituents is 1. The molecule has 0 radical (unpaired) electrons. The monoisotopic (exact) mass is 594 g/mol. The van der Waals surface area contributed by atoms with Crippen LogP contribution in [0, 0.1) is 22.7 Å². The minimum Gasteiger partial charge on any atom is -0.507 e. The van der Waals surface area contributed by atoms with Gasteiger partial charge in [-0.1, -0.05) is 19.9 Å². The predicted octanol–water partition coefficient (Wildman–Crippen LogP) is 1.43. The van der Waals surface area contributed by atoms with E-state index in [9.17, 15) is 43.4 Å². The number of hydrogen-bond donors (Lipinski definition) is 3. The van der Waals surface area contributed by atoms with Crippen LogP contribution in [0.3, 0.4) is 0 Å². The molecule has 2 saturated carbocycles. The Morgan fingerprint density at radius 1 is 1.05 bits per heavy atom. The summed E-state index contributed by atoms with van der Waals surface area (Å²) >= 11 is 0. The molecule has 0 aliphatic heterocycles. The summed E-state index contributed by atoms with van der Waals surface area (Å²) in [7, 11) is 4.37. The number of halogens is 1. The number of methoxy groups -OCH3 is 1. The maximum absolute atomic E-state index is 14.3. The second kappa shape index (κ2) is 9.61. The number of primary amides is 1. The van der Waals surface area contributed by atoms with Crippen LogP contribution >= 0.6 is 0 Å². The zero-order valence-corrected chi connectivity index (χ0v) is 24.2. The molecule has 0 bridgehead atoms. The molecular weight excluding hydrogens is 563 g/mol. The van der Waals surface area contributed by atoms with Crippen LogP contribution in [0.25, 0.3) is 11.1 Å².